The van der Waals surface area contributed by atoms with E-state index >= 15 is 0 Å². The Morgan fingerprint density at radius 2 is 2.09 bits per heavy atom. The fraction of sp³-hybridized carbons (Fsp3) is 0.476. The molecule has 32 heavy (non-hydrogen) atoms. The van der Waals surface area contributed by atoms with Crippen LogP contribution in [0.4, 0.5) is 23.4 Å². The van der Waals surface area contributed by atoms with Gasteiger partial charge in [-0.2, -0.15) is 13.2 Å². The fourth-order valence-electron chi connectivity index (χ4n) is 3.71. The van der Waals surface area contributed by atoms with Crippen LogP contribution in [0.2, 0.25) is 5.02 Å². The third kappa shape index (κ3) is 4.66. The Bertz CT molecular complexity index is 1030. The van der Waals surface area contributed by atoms with Crippen molar-refractivity contribution in [2.45, 2.75) is 37.7 Å². The van der Waals surface area contributed by atoms with E-state index in [9.17, 15) is 22.4 Å². The second-order valence-electron chi connectivity index (χ2n) is 8.22. The Labute approximate surface area is 187 Å². The van der Waals surface area contributed by atoms with E-state index < -0.39 is 28.3 Å². The number of carbonyl (C=O) groups excluding carboxylic acids is 1. The third-order valence-corrected chi connectivity index (χ3v) is 6.16. The molecule has 11 heteroatoms. The van der Waals surface area contributed by atoms with E-state index in [0.29, 0.717) is 31.0 Å². The van der Waals surface area contributed by atoms with E-state index in [-0.39, 0.29) is 36.7 Å². The van der Waals surface area contributed by atoms with Crippen molar-refractivity contribution in [2.24, 2.45) is 11.7 Å². The van der Waals surface area contributed by atoms with Gasteiger partial charge < -0.3 is 16.0 Å². The molecule has 3 N–H and O–H groups in total. The van der Waals surface area contributed by atoms with Crippen LogP contribution in [-0.2, 0) is 17.5 Å². The second kappa shape index (κ2) is 8.47. The number of nitrogens with zero attached hydrogens (tertiary/aromatic N) is 3. The molecule has 0 spiro atoms. The molecular formula is C21H22ClF4N5O. The first-order valence-electron chi connectivity index (χ1n) is 10.3. The first kappa shape index (κ1) is 22.7. The molecule has 2 heterocycles. The summed E-state index contributed by atoms with van der Waals surface area (Å²) < 4.78 is 53.8. The number of aromatic nitrogens is 2. The Morgan fingerprint density at radius 1 is 1.34 bits per heavy atom. The molecular weight excluding hydrogens is 450 g/mol. The van der Waals surface area contributed by atoms with Crippen molar-refractivity contribution < 1.29 is 22.4 Å². The van der Waals surface area contributed by atoms with Crippen molar-refractivity contribution in [3.8, 4) is 11.4 Å². The zero-order valence-corrected chi connectivity index (χ0v) is 17.8. The topological polar surface area (TPSA) is 84.1 Å². The monoisotopic (exact) mass is 471 g/mol. The van der Waals surface area contributed by atoms with E-state index in [1.807, 2.05) is 4.90 Å². The van der Waals surface area contributed by atoms with Crippen LogP contribution in [0.5, 0.6) is 0 Å². The number of halogens is 5. The van der Waals surface area contributed by atoms with Crippen molar-refractivity contribution in [3.05, 3.63) is 40.5 Å². The van der Waals surface area contributed by atoms with Crippen LogP contribution < -0.4 is 16.0 Å². The Balaban J connectivity index is 1.66. The van der Waals surface area contributed by atoms with Gasteiger partial charge in [-0.1, -0.05) is 11.6 Å². The quantitative estimate of drug-likeness (QED) is 0.627. The van der Waals surface area contributed by atoms with Crippen molar-refractivity contribution in [1.82, 2.24) is 15.3 Å². The van der Waals surface area contributed by atoms with Gasteiger partial charge >= 0.3 is 6.18 Å². The SMILES string of the molecule is NCC1CCN(c2nc(-c3ccc(Cl)c(C(F)(F)F)c3)ncc2CNC(=O)C2(F)CC2)C1. The summed E-state index contributed by atoms with van der Waals surface area (Å²) in [6, 6.07) is 3.49. The molecule has 1 aliphatic heterocycles. The summed E-state index contributed by atoms with van der Waals surface area (Å²) in [5.41, 5.74) is 3.71. The molecule has 1 aromatic carbocycles. The van der Waals surface area contributed by atoms with Crippen LogP contribution in [-0.4, -0.2) is 41.2 Å². The van der Waals surface area contributed by atoms with Gasteiger partial charge in [0.25, 0.3) is 5.91 Å². The molecule has 2 fully saturated rings. The van der Waals surface area contributed by atoms with Crippen LogP contribution in [0.1, 0.15) is 30.4 Å². The summed E-state index contributed by atoms with van der Waals surface area (Å²) in [4.78, 5) is 22.7. The van der Waals surface area contributed by atoms with Gasteiger partial charge in [0, 0.05) is 37.0 Å². The number of rotatable bonds is 6. The molecule has 172 valence electrons. The normalized spacial score (nSPS) is 19.8. The summed E-state index contributed by atoms with van der Waals surface area (Å²) in [6.07, 6.45) is -1.93. The standard InChI is InChI=1S/C21H22ClF4N5O/c22-16-2-1-13(7-15(16)21(24,25)26)17-28-9-14(10-29-19(32)20(23)4-5-20)18(30-17)31-6-3-12(8-27)11-31/h1-2,7,9,12H,3-6,8,10-11,27H2,(H,29,32). The number of nitrogens with two attached hydrogens (primary N) is 1. The zero-order valence-electron chi connectivity index (χ0n) is 17.1. The van der Waals surface area contributed by atoms with Gasteiger partial charge in [0.15, 0.2) is 11.5 Å². The fourth-order valence-corrected chi connectivity index (χ4v) is 3.93. The van der Waals surface area contributed by atoms with E-state index in [1.54, 1.807) is 0 Å². The maximum absolute atomic E-state index is 14.0. The number of amides is 1. The molecule has 1 atom stereocenters. The lowest BCUT2D eigenvalue weighted by atomic mass is 10.1. The Kier molecular flexibility index (Phi) is 6.02. The highest BCUT2D eigenvalue weighted by atomic mass is 35.5. The number of anilines is 1. The number of hydrogen-bond acceptors (Lipinski definition) is 5. The number of nitrogens with one attached hydrogen (secondary N) is 1. The number of carbonyl (C=O) groups is 1. The molecule has 1 aromatic heterocycles. The lowest BCUT2D eigenvalue weighted by Gasteiger charge is -2.22. The van der Waals surface area contributed by atoms with E-state index in [1.165, 1.54) is 12.3 Å². The average Bonchev–Trinajstić information content (AvgIpc) is 3.33. The van der Waals surface area contributed by atoms with Gasteiger partial charge in [0.2, 0.25) is 0 Å². The summed E-state index contributed by atoms with van der Waals surface area (Å²) >= 11 is 5.72. The van der Waals surface area contributed by atoms with E-state index in [4.69, 9.17) is 17.3 Å². The van der Waals surface area contributed by atoms with E-state index in [2.05, 4.69) is 15.3 Å². The van der Waals surface area contributed by atoms with Crippen LogP contribution in [0.15, 0.2) is 24.4 Å². The van der Waals surface area contributed by atoms with Crippen molar-refractivity contribution in [2.75, 3.05) is 24.5 Å². The van der Waals surface area contributed by atoms with Crippen LogP contribution in [0.3, 0.4) is 0 Å². The highest BCUT2D eigenvalue weighted by Gasteiger charge is 2.50. The Morgan fingerprint density at radius 3 is 2.72 bits per heavy atom. The average molecular weight is 472 g/mol. The first-order valence-corrected chi connectivity index (χ1v) is 10.6. The minimum absolute atomic E-state index is 0.0122. The van der Waals surface area contributed by atoms with Crippen LogP contribution in [0, 0.1) is 5.92 Å². The molecule has 0 bridgehead atoms. The molecule has 1 aliphatic carbocycles. The molecule has 2 aromatic rings. The maximum atomic E-state index is 14.0. The Hall–Kier alpha value is -2.46. The smallest absolute Gasteiger partial charge is 0.356 e. The summed E-state index contributed by atoms with van der Waals surface area (Å²) in [7, 11) is 0. The zero-order chi connectivity index (χ0) is 23.1. The predicted octanol–water partition coefficient (Wildman–Crippen LogP) is 3.72. The minimum atomic E-state index is -4.62. The summed E-state index contributed by atoms with van der Waals surface area (Å²) in [5.74, 6) is 0.154. The van der Waals surface area contributed by atoms with Crippen LogP contribution >= 0.6 is 11.6 Å². The predicted molar refractivity (Wildman–Crippen MR) is 112 cm³/mol. The van der Waals surface area contributed by atoms with Gasteiger partial charge in [-0.25, -0.2) is 14.4 Å². The summed E-state index contributed by atoms with van der Waals surface area (Å²) in [5, 5.41) is 2.16. The lowest BCUT2D eigenvalue weighted by molar-refractivity contribution is -0.137. The molecule has 1 unspecified atom stereocenters. The second-order valence-corrected chi connectivity index (χ2v) is 8.63. The summed E-state index contributed by atoms with van der Waals surface area (Å²) in [6.45, 7) is 1.78. The highest BCUT2D eigenvalue weighted by Crippen LogP contribution is 2.40. The number of benzene rings is 1. The molecule has 0 radical (unpaired) electrons. The molecule has 1 amide bonds. The van der Waals surface area contributed by atoms with Gasteiger partial charge in [-0.15, -0.1) is 0 Å². The molecule has 1 saturated carbocycles. The van der Waals surface area contributed by atoms with Crippen molar-refractivity contribution >= 4 is 23.3 Å². The van der Waals surface area contributed by atoms with Crippen molar-refractivity contribution in [1.29, 1.82) is 0 Å². The number of hydrogen-bond donors (Lipinski definition) is 2. The highest BCUT2D eigenvalue weighted by molar-refractivity contribution is 6.31. The van der Waals surface area contributed by atoms with Gasteiger partial charge in [-0.05, 0) is 49.9 Å². The van der Waals surface area contributed by atoms with Crippen molar-refractivity contribution in [3.63, 3.8) is 0 Å². The van der Waals surface area contributed by atoms with Gasteiger partial charge in [-0.3, -0.25) is 4.79 Å². The largest absolute Gasteiger partial charge is 0.417 e. The number of alkyl halides is 4. The lowest BCUT2D eigenvalue weighted by Crippen LogP contribution is -2.34. The first-order chi connectivity index (χ1) is 15.1. The van der Waals surface area contributed by atoms with Gasteiger partial charge in [0.05, 0.1) is 10.6 Å². The van der Waals surface area contributed by atoms with Gasteiger partial charge in [0.1, 0.15) is 5.82 Å². The van der Waals surface area contributed by atoms with Crippen LogP contribution in [0.25, 0.3) is 11.4 Å². The third-order valence-electron chi connectivity index (χ3n) is 5.83. The minimum Gasteiger partial charge on any atom is -0.356 e. The molecule has 1 saturated heterocycles. The molecule has 2 aliphatic rings. The van der Waals surface area contributed by atoms with E-state index in [0.717, 1.165) is 18.6 Å². The molecule has 6 nitrogen and oxygen atoms in total. The molecule has 4 rings (SSSR count). The maximum Gasteiger partial charge on any atom is 0.417 e.